The molecule has 3 heteroatoms. The predicted octanol–water partition coefficient (Wildman–Crippen LogP) is 5.49. The van der Waals surface area contributed by atoms with Crippen molar-refractivity contribution in [1.82, 2.24) is 0 Å². The lowest BCUT2D eigenvalue weighted by Gasteiger charge is -2.18. The Bertz CT molecular complexity index is 558. The Hall–Kier alpha value is -0.920. The van der Waals surface area contributed by atoms with Gasteiger partial charge >= 0.3 is 0 Å². The van der Waals surface area contributed by atoms with Gasteiger partial charge in [0.05, 0.1) is 0 Å². The first-order chi connectivity index (χ1) is 8.41. The molecule has 0 bridgehead atoms. The first kappa shape index (κ1) is 13.5. The van der Waals surface area contributed by atoms with Crippen LogP contribution in [0, 0.1) is 27.7 Å². The second kappa shape index (κ2) is 4.99. The number of hydrogen-bond donors (Lipinski definition) is 0. The van der Waals surface area contributed by atoms with Crippen LogP contribution in [0.5, 0.6) is 0 Å². The third-order valence-electron chi connectivity index (χ3n) is 3.52. The minimum Gasteiger partial charge on any atom is -0.448 e. The molecule has 1 aromatic heterocycles. The largest absolute Gasteiger partial charge is 0.448 e. The summed E-state index contributed by atoms with van der Waals surface area (Å²) >= 11 is 12.4. The fraction of sp³-hybridized carbons (Fsp3) is 0.333. The Morgan fingerprint density at radius 1 is 1.00 bits per heavy atom. The molecule has 1 heterocycles. The molecule has 0 fully saturated rings. The molecule has 1 unspecified atom stereocenters. The number of furan rings is 1. The van der Waals surface area contributed by atoms with Crippen LogP contribution >= 0.6 is 23.2 Å². The van der Waals surface area contributed by atoms with Crippen molar-refractivity contribution in [2.24, 2.45) is 0 Å². The van der Waals surface area contributed by atoms with Gasteiger partial charge in [-0.1, -0.05) is 6.07 Å². The maximum Gasteiger partial charge on any atom is 0.193 e. The van der Waals surface area contributed by atoms with Crippen LogP contribution in [0.15, 0.2) is 22.6 Å². The quantitative estimate of drug-likeness (QED) is 0.664. The summed E-state index contributed by atoms with van der Waals surface area (Å²) in [5, 5.41) is 0.0754. The van der Waals surface area contributed by atoms with Gasteiger partial charge in [-0.25, -0.2) is 0 Å². The number of aryl methyl sites for hydroxylation is 2. The van der Waals surface area contributed by atoms with E-state index in [1.807, 2.05) is 6.07 Å². The van der Waals surface area contributed by atoms with Crippen LogP contribution in [0.25, 0.3) is 0 Å². The molecule has 1 nitrogen and oxygen atoms in total. The molecule has 0 saturated heterocycles. The van der Waals surface area contributed by atoms with Crippen LogP contribution in [0.3, 0.4) is 0 Å². The zero-order valence-corrected chi connectivity index (χ0v) is 12.5. The molecule has 1 aromatic carbocycles. The number of alkyl halides is 1. The molecule has 0 saturated carbocycles. The van der Waals surface area contributed by atoms with Crippen molar-refractivity contribution in [3.63, 3.8) is 0 Å². The van der Waals surface area contributed by atoms with Gasteiger partial charge in [-0.2, -0.15) is 0 Å². The van der Waals surface area contributed by atoms with E-state index in [9.17, 15) is 0 Å². The van der Waals surface area contributed by atoms with Crippen LogP contribution in [0.2, 0.25) is 5.22 Å². The Morgan fingerprint density at radius 3 is 2.00 bits per heavy atom. The highest BCUT2D eigenvalue weighted by Crippen LogP contribution is 2.37. The Balaban J connectivity index is 2.57. The third-order valence-corrected chi connectivity index (χ3v) is 4.16. The highest BCUT2D eigenvalue weighted by Gasteiger charge is 2.21. The monoisotopic (exact) mass is 282 g/mol. The summed E-state index contributed by atoms with van der Waals surface area (Å²) in [7, 11) is 0. The minimum absolute atomic E-state index is 0.295. The predicted molar refractivity (Wildman–Crippen MR) is 76.8 cm³/mol. The molecular formula is C15H16Cl2O. The standard InChI is InChI=1S/C15H16Cl2O/c1-8-7-9(2)11(4)14(10(8)3)15(17)12-5-6-13(16)18-12/h5-7,15H,1-4H3. The number of hydrogen-bond acceptors (Lipinski definition) is 1. The average molecular weight is 283 g/mol. The summed E-state index contributed by atoms with van der Waals surface area (Å²) in [6.07, 6.45) is 0. The van der Waals surface area contributed by atoms with E-state index >= 15 is 0 Å². The van der Waals surface area contributed by atoms with Crippen molar-refractivity contribution in [2.45, 2.75) is 33.1 Å². The van der Waals surface area contributed by atoms with Gasteiger partial charge in [0.2, 0.25) is 0 Å². The molecule has 18 heavy (non-hydrogen) atoms. The number of benzene rings is 1. The first-order valence-electron chi connectivity index (χ1n) is 5.88. The normalized spacial score (nSPS) is 12.8. The van der Waals surface area contributed by atoms with Crippen molar-refractivity contribution in [1.29, 1.82) is 0 Å². The molecule has 0 spiro atoms. The second-order valence-electron chi connectivity index (χ2n) is 4.68. The van der Waals surface area contributed by atoms with Crippen molar-refractivity contribution in [3.05, 3.63) is 57.0 Å². The van der Waals surface area contributed by atoms with E-state index in [-0.39, 0.29) is 5.38 Å². The average Bonchev–Trinajstić information content (AvgIpc) is 2.73. The van der Waals surface area contributed by atoms with Crippen LogP contribution < -0.4 is 0 Å². The van der Waals surface area contributed by atoms with Crippen molar-refractivity contribution < 1.29 is 4.42 Å². The molecule has 0 radical (unpaired) electrons. The molecule has 96 valence electrons. The molecule has 0 N–H and O–H groups in total. The van der Waals surface area contributed by atoms with Crippen molar-refractivity contribution in [2.75, 3.05) is 0 Å². The molecule has 0 aliphatic rings. The first-order valence-corrected chi connectivity index (χ1v) is 6.70. The summed E-state index contributed by atoms with van der Waals surface area (Å²) < 4.78 is 5.42. The Labute approximate surface area is 118 Å². The van der Waals surface area contributed by atoms with Gasteiger partial charge in [-0.05, 0) is 79.2 Å². The SMILES string of the molecule is Cc1cc(C)c(C)c(C(Cl)c2ccc(Cl)o2)c1C. The molecule has 2 aromatic rings. The zero-order valence-electron chi connectivity index (χ0n) is 11.0. The van der Waals surface area contributed by atoms with E-state index in [1.54, 1.807) is 6.07 Å². The minimum atomic E-state index is -0.295. The maximum atomic E-state index is 6.55. The van der Waals surface area contributed by atoms with E-state index in [1.165, 1.54) is 22.3 Å². The van der Waals surface area contributed by atoms with E-state index in [0.717, 1.165) is 5.56 Å². The van der Waals surface area contributed by atoms with Crippen molar-refractivity contribution >= 4 is 23.2 Å². The Morgan fingerprint density at radius 2 is 1.56 bits per heavy atom. The van der Waals surface area contributed by atoms with Gasteiger partial charge in [0, 0.05) is 0 Å². The molecular weight excluding hydrogens is 267 g/mol. The number of rotatable bonds is 2. The molecule has 1 atom stereocenters. The van der Waals surface area contributed by atoms with E-state index in [0.29, 0.717) is 11.0 Å². The molecule has 0 aliphatic carbocycles. The molecule has 0 aliphatic heterocycles. The van der Waals surface area contributed by atoms with E-state index in [4.69, 9.17) is 27.6 Å². The van der Waals surface area contributed by atoms with Gasteiger partial charge in [0.25, 0.3) is 0 Å². The van der Waals surface area contributed by atoms with Gasteiger partial charge in [0.1, 0.15) is 11.1 Å². The van der Waals surface area contributed by atoms with E-state index in [2.05, 4.69) is 33.8 Å². The van der Waals surface area contributed by atoms with Gasteiger partial charge < -0.3 is 4.42 Å². The highest BCUT2D eigenvalue weighted by atomic mass is 35.5. The summed E-state index contributed by atoms with van der Waals surface area (Å²) in [4.78, 5) is 0. The number of halogens is 2. The fourth-order valence-electron chi connectivity index (χ4n) is 2.23. The van der Waals surface area contributed by atoms with Crippen LogP contribution in [-0.2, 0) is 0 Å². The summed E-state index contributed by atoms with van der Waals surface area (Å²) in [6.45, 7) is 8.39. The molecule has 2 rings (SSSR count). The lowest BCUT2D eigenvalue weighted by Crippen LogP contribution is -2.02. The second-order valence-corrected chi connectivity index (χ2v) is 5.49. The lowest BCUT2D eigenvalue weighted by atomic mass is 9.91. The molecule has 0 amide bonds. The van der Waals surface area contributed by atoms with Gasteiger partial charge in [0.15, 0.2) is 5.22 Å². The fourth-order valence-corrected chi connectivity index (χ4v) is 2.83. The lowest BCUT2D eigenvalue weighted by molar-refractivity contribution is 0.517. The van der Waals surface area contributed by atoms with E-state index < -0.39 is 0 Å². The third kappa shape index (κ3) is 2.30. The van der Waals surface area contributed by atoms with Crippen molar-refractivity contribution in [3.8, 4) is 0 Å². The zero-order chi connectivity index (χ0) is 13.4. The maximum absolute atomic E-state index is 6.55. The summed E-state index contributed by atoms with van der Waals surface area (Å²) in [6, 6.07) is 5.74. The van der Waals surface area contributed by atoms with Gasteiger partial charge in [-0.3, -0.25) is 0 Å². The highest BCUT2D eigenvalue weighted by molar-refractivity contribution is 6.29. The van der Waals surface area contributed by atoms with Crippen LogP contribution in [0.1, 0.15) is 39.0 Å². The van der Waals surface area contributed by atoms with Crippen LogP contribution in [0.4, 0.5) is 0 Å². The topological polar surface area (TPSA) is 13.1 Å². The summed E-state index contributed by atoms with van der Waals surface area (Å²) in [5.74, 6) is 0.692. The van der Waals surface area contributed by atoms with Gasteiger partial charge in [-0.15, -0.1) is 11.6 Å². The van der Waals surface area contributed by atoms with Crippen LogP contribution in [-0.4, -0.2) is 0 Å². The smallest absolute Gasteiger partial charge is 0.193 e. The Kier molecular flexibility index (Phi) is 3.74. The summed E-state index contributed by atoms with van der Waals surface area (Å²) in [5.41, 5.74) is 6.05.